The Morgan fingerprint density at radius 3 is 1.48 bits per heavy atom. The van der Waals surface area contributed by atoms with E-state index in [4.69, 9.17) is 45.9 Å². The number of rotatable bonds is 27. The van der Waals surface area contributed by atoms with Crippen molar-refractivity contribution < 1.29 is 52.7 Å². The molecule has 0 aromatic carbocycles. The highest BCUT2D eigenvalue weighted by Crippen LogP contribution is 2.26. The molecule has 9 atom stereocenters. The first kappa shape index (κ1) is 61.2. The Morgan fingerprint density at radius 1 is 0.577 bits per heavy atom. The van der Waals surface area contributed by atoms with Crippen LogP contribution in [0.25, 0.3) is 0 Å². The number of carbonyl (C=O) groups excluding carboxylic acids is 11. The molecule has 0 bridgehead atoms. The van der Waals surface area contributed by atoms with Gasteiger partial charge in [-0.1, -0.05) is 57.0 Å². The van der Waals surface area contributed by atoms with Crippen LogP contribution in [-0.4, -0.2) is 167 Å². The van der Waals surface area contributed by atoms with Crippen molar-refractivity contribution >= 4 is 120 Å². The number of primary amides is 3. The van der Waals surface area contributed by atoms with E-state index in [1.54, 1.807) is 13.8 Å². The van der Waals surface area contributed by atoms with E-state index >= 15 is 0 Å². The summed E-state index contributed by atoms with van der Waals surface area (Å²) in [6, 6.07) is -11.6. The quantitative estimate of drug-likeness (QED) is 0.0157. The van der Waals surface area contributed by atoms with Gasteiger partial charge in [0, 0.05) is 42.5 Å². The number of amides is 11. The molecule has 2 aliphatic heterocycles. The maximum Gasteiger partial charge on any atom is 0.244 e. The van der Waals surface area contributed by atoms with E-state index in [0.29, 0.717) is 0 Å². The molecule has 24 N–H and O–H groups in total. The van der Waals surface area contributed by atoms with Crippen molar-refractivity contribution in [1.29, 1.82) is 0 Å². The largest absolute Gasteiger partial charge is 0.370 e. The molecule has 2 aliphatic rings. The smallest absolute Gasteiger partial charge is 0.244 e. The summed E-state index contributed by atoms with van der Waals surface area (Å²) in [5.74, 6) is -9.78. The van der Waals surface area contributed by atoms with Gasteiger partial charge in [0.05, 0.1) is 12.5 Å². The summed E-state index contributed by atoms with van der Waals surface area (Å²) in [6.45, 7) is 3.22. The molecule has 2 rings (SSSR count). The van der Waals surface area contributed by atoms with Crippen LogP contribution in [0.4, 0.5) is 0 Å². The van der Waals surface area contributed by atoms with Crippen molar-refractivity contribution in [1.82, 2.24) is 42.5 Å². The topological polar surface area (TPSA) is 517 Å². The zero-order valence-corrected chi connectivity index (χ0v) is 42.4. The molecule has 71 heavy (non-hydrogen) atoms. The Hall–Kier alpha value is -5.93. The third-order valence-corrected chi connectivity index (χ3v) is 15.0. The monoisotopic (exact) mass is 1080 g/mol. The summed E-state index contributed by atoms with van der Waals surface area (Å²) in [7, 11) is 4.83. The second-order valence-electron chi connectivity index (χ2n) is 16.4. The van der Waals surface area contributed by atoms with Crippen LogP contribution in [0.5, 0.6) is 0 Å². The van der Waals surface area contributed by atoms with Gasteiger partial charge in [0.1, 0.15) is 48.3 Å². The van der Waals surface area contributed by atoms with E-state index in [0.717, 1.165) is 10.8 Å². The van der Waals surface area contributed by atoms with Crippen LogP contribution in [0.2, 0.25) is 0 Å². The summed E-state index contributed by atoms with van der Waals surface area (Å²) in [5.41, 5.74) is 43.6. The number of nitrogens with one attached hydrogen (secondary N) is 8. The van der Waals surface area contributed by atoms with Crippen LogP contribution in [0, 0.1) is 5.92 Å². The number of hydrogen-bond donors (Lipinski definition) is 16. The molecule has 29 nitrogen and oxygen atoms in total. The SMILES string of the molecule is CC(C)[C@H](NC(=O)[C@H](CCC(N)=O)NC(=O)[C@H](CCCN=C(N)N)NC(=O)[C@H](CCCN=C(N)N)NC(=O)[C@@H]1CSSC[C@H](NC(=O)[C@@H](N)CC(N)=O)C(=O)N1)C(=O)N[C@H]1CSSC[C@@H](C(N)=O)NC1=O. The van der Waals surface area contributed by atoms with Gasteiger partial charge in [-0.05, 0) is 38.0 Å². The van der Waals surface area contributed by atoms with Crippen molar-refractivity contribution in [3.8, 4) is 0 Å². The molecule has 0 spiro atoms. The molecule has 11 amide bonds. The van der Waals surface area contributed by atoms with Gasteiger partial charge in [0.15, 0.2) is 11.9 Å². The van der Waals surface area contributed by atoms with Gasteiger partial charge >= 0.3 is 0 Å². The molecule has 398 valence electrons. The molecule has 2 fully saturated rings. The van der Waals surface area contributed by atoms with Gasteiger partial charge < -0.3 is 88.4 Å². The lowest BCUT2D eigenvalue weighted by molar-refractivity contribution is -0.136. The maximum atomic E-state index is 14.2. The van der Waals surface area contributed by atoms with E-state index in [-0.39, 0.29) is 80.1 Å². The van der Waals surface area contributed by atoms with Gasteiger partial charge in [-0.3, -0.25) is 62.7 Å². The number of carbonyl (C=O) groups is 11. The second kappa shape index (κ2) is 31.4. The van der Waals surface area contributed by atoms with E-state index in [1.165, 1.54) is 32.4 Å². The minimum atomic E-state index is -1.53. The molecular formula is C38H66N18O11S4. The molecule has 0 aromatic rings. The lowest BCUT2D eigenvalue weighted by Crippen LogP contribution is -2.61. The highest BCUT2D eigenvalue weighted by molar-refractivity contribution is 8.77. The third-order valence-electron chi connectivity index (χ3n) is 10.1. The van der Waals surface area contributed by atoms with Crippen molar-refractivity contribution in [2.75, 3.05) is 36.1 Å². The standard InChI is InChI=1S/C38H66N18O11S4/c1-16(2)27(36(67)55-24-15-69-68-12-21(28(42)59)52-34(24)65)56-32(63)20(7-8-25(40)57)51-31(62)18(5-3-9-47-37(43)44)49-30(61)19(6-4-10-48-38(45)46)50-33(64)23-14-71-70-13-22(35(66)54-23)53-29(60)17(39)11-26(41)58/h16-24,27H,3-15,39H2,1-2H3,(H2,40,57)(H2,41,58)(H2,42,59)(H,49,61)(H,50,64)(H,51,62)(H,52,65)(H,53,60)(H,54,66)(H,55,67)(H,56,63)(H4,43,44,47)(H4,45,46,48)/t17-,18-,19-,20-,21-,22-,23-,24-,27-/m0/s1. The first-order valence-electron chi connectivity index (χ1n) is 22.0. The van der Waals surface area contributed by atoms with Gasteiger partial charge in [-0.25, -0.2) is 0 Å². The highest BCUT2D eigenvalue weighted by atomic mass is 33.1. The summed E-state index contributed by atoms with van der Waals surface area (Å²) in [6.07, 6.45) is -1.30. The van der Waals surface area contributed by atoms with Crippen LogP contribution in [-0.2, 0) is 52.7 Å². The fraction of sp³-hybridized carbons (Fsp3) is 0.658. The molecule has 0 aromatic heterocycles. The Bertz CT molecular complexity index is 1990. The predicted octanol–water partition coefficient (Wildman–Crippen LogP) is -7.63. The molecule has 33 heteroatoms. The van der Waals surface area contributed by atoms with Gasteiger partial charge in [-0.2, -0.15) is 0 Å². The molecule has 2 saturated heterocycles. The van der Waals surface area contributed by atoms with Gasteiger partial charge in [-0.15, -0.1) is 0 Å². The maximum absolute atomic E-state index is 14.2. The number of nitrogens with two attached hydrogens (primary N) is 8. The number of aliphatic imine (C=N–C) groups is 2. The Kier molecular flexibility index (Phi) is 27.1. The normalized spacial score (nSPS) is 20.3. The van der Waals surface area contributed by atoms with Gasteiger partial charge in [0.25, 0.3) is 0 Å². The molecular weight excluding hydrogens is 1010 g/mol. The van der Waals surface area contributed by atoms with Crippen molar-refractivity contribution in [3.05, 3.63) is 0 Å². The molecule has 0 unspecified atom stereocenters. The fourth-order valence-electron chi connectivity index (χ4n) is 6.31. The minimum Gasteiger partial charge on any atom is -0.370 e. The Morgan fingerprint density at radius 2 is 1.01 bits per heavy atom. The van der Waals surface area contributed by atoms with E-state index in [1.807, 2.05) is 0 Å². The summed E-state index contributed by atoms with van der Waals surface area (Å²) in [4.78, 5) is 151. The van der Waals surface area contributed by atoms with E-state index in [2.05, 4.69) is 52.5 Å². The van der Waals surface area contributed by atoms with Gasteiger partial charge in [0.2, 0.25) is 65.0 Å². The minimum absolute atomic E-state index is 0.00752. The molecule has 0 radical (unpaired) electrons. The number of guanidine groups is 2. The van der Waals surface area contributed by atoms with Crippen LogP contribution >= 0.6 is 43.2 Å². The average molecular weight is 1080 g/mol. The van der Waals surface area contributed by atoms with Crippen LogP contribution in [0.15, 0.2) is 9.98 Å². The summed E-state index contributed by atoms with van der Waals surface area (Å²) in [5, 5.41) is 20.4. The lowest BCUT2D eigenvalue weighted by Gasteiger charge is -2.29. The second-order valence-corrected chi connectivity index (χ2v) is 21.5. The van der Waals surface area contributed by atoms with Crippen molar-refractivity contribution in [2.45, 2.75) is 113 Å². The zero-order valence-electron chi connectivity index (χ0n) is 39.1. The lowest BCUT2D eigenvalue weighted by atomic mass is 10.0. The molecule has 0 aliphatic carbocycles. The summed E-state index contributed by atoms with van der Waals surface area (Å²) >= 11 is 0. The Balaban J connectivity index is 2.39. The highest BCUT2D eigenvalue weighted by Gasteiger charge is 2.37. The number of hydrogen-bond acceptors (Lipinski definition) is 18. The van der Waals surface area contributed by atoms with Crippen molar-refractivity contribution in [2.24, 2.45) is 61.8 Å². The summed E-state index contributed by atoms with van der Waals surface area (Å²) < 4.78 is 0. The predicted molar refractivity (Wildman–Crippen MR) is 269 cm³/mol. The molecule has 2 heterocycles. The number of nitrogens with zero attached hydrogens (tertiary/aromatic N) is 2. The fourth-order valence-corrected chi connectivity index (χ4v) is 11.0. The van der Waals surface area contributed by atoms with E-state index < -0.39 is 138 Å². The van der Waals surface area contributed by atoms with Crippen LogP contribution in [0.1, 0.15) is 58.8 Å². The van der Waals surface area contributed by atoms with Crippen molar-refractivity contribution in [3.63, 3.8) is 0 Å². The zero-order chi connectivity index (χ0) is 53.4. The third kappa shape index (κ3) is 23.2. The van der Waals surface area contributed by atoms with E-state index in [9.17, 15) is 52.7 Å². The van der Waals surface area contributed by atoms with Crippen LogP contribution in [0.3, 0.4) is 0 Å². The molecule has 0 saturated carbocycles. The Labute approximate surface area is 424 Å². The first-order valence-corrected chi connectivity index (χ1v) is 27.0. The van der Waals surface area contributed by atoms with Crippen LogP contribution < -0.4 is 88.4 Å². The first-order chi connectivity index (χ1) is 33.4. The average Bonchev–Trinajstić information content (AvgIpc) is 3.27.